The fourth-order valence-electron chi connectivity index (χ4n) is 1.37. The third-order valence-corrected chi connectivity index (χ3v) is 4.30. The van der Waals surface area contributed by atoms with Gasteiger partial charge in [-0.05, 0) is 37.6 Å². The van der Waals surface area contributed by atoms with Crippen LogP contribution in [0, 0.1) is 0 Å². The Bertz CT molecular complexity index is 459. The maximum atomic E-state index is 11.5. The van der Waals surface area contributed by atoms with Crippen LogP contribution < -0.4 is 9.46 Å². The average molecular weight is 336 g/mol. The van der Waals surface area contributed by atoms with E-state index in [0.717, 1.165) is 10.2 Å². The molecule has 0 aromatic heterocycles. The lowest BCUT2D eigenvalue weighted by molar-refractivity contribution is 0.225. The summed E-state index contributed by atoms with van der Waals surface area (Å²) >= 11 is 3.34. The Morgan fingerprint density at radius 1 is 1.33 bits per heavy atom. The van der Waals surface area contributed by atoms with Crippen LogP contribution in [-0.4, -0.2) is 26.8 Å². The molecule has 6 heteroatoms. The largest absolute Gasteiger partial charge is 0.489 e. The maximum Gasteiger partial charge on any atom is 0.211 e. The highest BCUT2D eigenvalue weighted by Gasteiger charge is 2.11. The molecule has 0 bridgehead atoms. The van der Waals surface area contributed by atoms with Gasteiger partial charge in [-0.25, -0.2) is 13.1 Å². The smallest absolute Gasteiger partial charge is 0.211 e. The molecule has 0 aliphatic heterocycles. The monoisotopic (exact) mass is 335 g/mol. The molecule has 0 fully saturated rings. The van der Waals surface area contributed by atoms with E-state index < -0.39 is 10.0 Å². The molecule has 0 aliphatic rings. The predicted molar refractivity (Wildman–Crippen MR) is 76.3 cm³/mol. The fraction of sp³-hybridized carbons (Fsp3) is 0.500. The summed E-state index contributed by atoms with van der Waals surface area (Å²) in [5.41, 5.74) is 0. The molecule has 0 heterocycles. The fourth-order valence-corrected chi connectivity index (χ4v) is 2.81. The summed E-state index contributed by atoms with van der Waals surface area (Å²) in [6, 6.07) is 7.43. The molecule has 18 heavy (non-hydrogen) atoms. The molecule has 4 nitrogen and oxygen atoms in total. The van der Waals surface area contributed by atoms with E-state index in [-0.39, 0.29) is 18.4 Å². The van der Waals surface area contributed by atoms with E-state index in [2.05, 4.69) is 20.7 Å². The lowest BCUT2D eigenvalue weighted by atomic mass is 10.3. The third kappa shape index (κ3) is 5.84. The highest BCUT2D eigenvalue weighted by molar-refractivity contribution is 9.10. The topological polar surface area (TPSA) is 55.4 Å². The summed E-state index contributed by atoms with van der Waals surface area (Å²) < 4.78 is 32.0. The number of ether oxygens (including phenoxy) is 1. The summed E-state index contributed by atoms with van der Waals surface area (Å²) in [5.74, 6) is 0.873. The van der Waals surface area contributed by atoms with Gasteiger partial charge in [0.05, 0.1) is 5.75 Å². The molecule has 1 atom stereocenters. The first kappa shape index (κ1) is 15.5. The number of sulfonamides is 1. The highest BCUT2D eigenvalue weighted by Crippen LogP contribution is 2.17. The number of hydrogen-bond acceptors (Lipinski definition) is 3. The van der Waals surface area contributed by atoms with Crippen molar-refractivity contribution >= 4 is 26.0 Å². The Kier molecular flexibility index (Phi) is 6.11. The Balaban J connectivity index is 2.42. The first-order chi connectivity index (χ1) is 8.43. The minimum absolute atomic E-state index is 0.151. The summed E-state index contributed by atoms with van der Waals surface area (Å²) in [5, 5.41) is 0. The average Bonchev–Trinajstić information content (AvgIpc) is 2.30. The van der Waals surface area contributed by atoms with Crippen LogP contribution in [0.5, 0.6) is 5.75 Å². The molecule has 0 radical (unpaired) electrons. The molecule has 0 saturated carbocycles. The maximum absolute atomic E-state index is 11.5. The molecule has 0 unspecified atom stereocenters. The molecule has 0 aliphatic carbocycles. The molecule has 0 saturated heterocycles. The summed E-state index contributed by atoms with van der Waals surface area (Å²) in [7, 11) is -3.16. The minimum Gasteiger partial charge on any atom is -0.489 e. The Hall–Kier alpha value is -0.590. The molecule has 102 valence electrons. The van der Waals surface area contributed by atoms with E-state index in [0.29, 0.717) is 6.42 Å². The van der Waals surface area contributed by atoms with Crippen LogP contribution in [0.4, 0.5) is 0 Å². The first-order valence-electron chi connectivity index (χ1n) is 5.82. The quantitative estimate of drug-likeness (QED) is 0.833. The van der Waals surface area contributed by atoms with Crippen LogP contribution >= 0.6 is 15.9 Å². The van der Waals surface area contributed by atoms with Crippen molar-refractivity contribution in [2.24, 2.45) is 0 Å². The van der Waals surface area contributed by atoms with E-state index in [1.807, 2.05) is 38.1 Å². The molecule has 0 amide bonds. The standard InChI is InChI=1S/C12H18BrNO3S/c1-3-8-18(15,16)14-9-10(2)17-12-6-4-11(13)5-7-12/h4-7,10,14H,3,8-9H2,1-2H3/t10-/m0/s1. The normalized spacial score (nSPS) is 13.3. The molecule has 1 rings (SSSR count). The van der Waals surface area contributed by atoms with Gasteiger partial charge in [0, 0.05) is 11.0 Å². The van der Waals surface area contributed by atoms with E-state index in [9.17, 15) is 8.42 Å². The first-order valence-corrected chi connectivity index (χ1v) is 8.27. The van der Waals surface area contributed by atoms with Gasteiger partial charge in [0.1, 0.15) is 11.9 Å². The van der Waals surface area contributed by atoms with Crippen molar-refractivity contribution in [3.63, 3.8) is 0 Å². The van der Waals surface area contributed by atoms with Crippen LogP contribution in [0.25, 0.3) is 0 Å². The van der Waals surface area contributed by atoms with Crippen LogP contribution in [0.15, 0.2) is 28.7 Å². The van der Waals surface area contributed by atoms with Crippen molar-refractivity contribution in [1.82, 2.24) is 4.72 Å². The minimum atomic E-state index is -3.16. The molecular formula is C12H18BrNO3S. The Morgan fingerprint density at radius 3 is 2.50 bits per heavy atom. The molecular weight excluding hydrogens is 318 g/mol. The number of halogens is 1. The van der Waals surface area contributed by atoms with Gasteiger partial charge in [-0.15, -0.1) is 0 Å². The Labute approximate surface area is 117 Å². The molecule has 1 aromatic rings. The summed E-state index contributed by atoms with van der Waals surface area (Å²) in [6.07, 6.45) is 0.398. The number of nitrogens with one attached hydrogen (secondary N) is 1. The van der Waals surface area contributed by atoms with Crippen LogP contribution in [-0.2, 0) is 10.0 Å². The van der Waals surface area contributed by atoms with Crippen molar-refractivity contribution < 1.29 is 13.2 Å². The number of benzene rings is 1. The second kappa shape index (κ2) is 7.11. The number of rotatable bonds is 7. The van der Waals surface area contributed by atoms with Gasteiger partial charge >= 0.3 is 0 Å². The van der Waals surface area contributed by atoms with Crippen molar-refractivity contribution in [3.8, 4) is 5.75 Å². The lowest BCUT2D eigenvalue weighted by Gasteiger charge is -2.15. The van der Waals surface area contributed by atoms with E-state index in [4.69, 9.17) is 4.74 Å². The van der Waals surface area contributed by atoms with E-state index in [1.54, 1.807) is 0 Å². The molecule has 1 aromatic carbocycles. The van der Waals surface area contributed by atoms with Gasteiger partial charge in [-0.3, -0.25) is 0 Å². The van der Waals surface area contributed by atoms with Gasteiger partial charge < -0.3 is 4.74 Å². The lowest BCUT2D eigenvalue weighted by Crippen LogP contribution is -2.34. The van der Waals surface area contributed by atoms with Crippen molar-refractivity contribution in [3.05, 3.63) is 28.7 Å². The Morgan fingerprint density at radius 2 is 1.94 bits per heavy atom. The van der Waals surface area contributed by atoms with E-state index >= 15 is 0 Å². The van der Waals surface area contributed by atoms with Crippen LogP contribution in [0.1, 0.15) is 20.3 Å². The third-order valence-electron chi connectivity index (χ3n) is 2.21. The van der Waals surface area contributed by atoms with E-state index in [1.165, 1.54) is 0 Å². The molecule has 1 N–H and O–H groups in total. The van der Waals surface area contributed by atoms with Gasteiger partial charge in [-0.2, -0.15) is 0 Å². The summed E-state index contributed by atoms with van der Waals surface area (Å²) in [4.78, 5) is 0. The highest BCUT2D eigenvalue weighted by atomic mass is 79.9. The van der Waals surface area contributed by atoms with Gasteiger partial charge in [0.15, 0.2) is 0 Å². The van der Waals surface area contributed by atoms with Crippen LogP contribution in [0.2, 0.25) is 0 Å². The second-order valence-corrected chi connectivity index (χ2v) is 6.89. The zero-order valence-corrected chi connectivity index (χ0v) is 12.9. The summed E-state index contributed by atoms with van der Waals surface area (Å²) in [6.45, 7) is 3.94. The van der Waals surface area contributed by atoms with Gasteiger partial charge in [-0.1, -0.05) is 22.9 Å². The predicted octanol–water partition coefficient (Wildman–Crippen LogP) is 2.55. The number of hydrogen-bond donors (Lipinski definition) is 1. The second-order valence-electron chi connectivity index (χ2n) is 4.05. The van der Waals surface area contributed by atoms with Gasteiger partial charge in [0.25, 0.3) is 0 Å². The van der Waals surface area contributed by atoms with Gasteiger partial charge in [0.2, 0.25) is 10.0 Å². The molecule has 0 spiro atoms. The van der Waals surface area contributed by atoms with Crippen molar-refractivity contribution in [2.45, 2.75) is 26.4 Å². The zero-order valence-electron chi connectivity index (χ0n) is 10.5. The SMILES string of the molecule is CCCS(=O)(=O)NC[C@H](C)Oc1ccc(Br)cc1. The van der Waals surface area contributed by atoms with Crippen molar-refractivity contribution in [1.29, 1.82) is 0 Å². The zero-order chi connectivity index (χ0) is 13.6. The van der Waals surface area contributed by atoms with Crippen molar-refractivity contribution in [2.75, 3.05) is 12.3 Å². The van der Waals surface area contributed by atoms with Crippen LogP contribution in [0.3, 0.4) is 0 Å².